The number of carbonyl (C=O) groups excluding carboxylic acids is 3. The van der Waals surface area contributed by atoms with E-state index in [-0.39, 0.29) is 11.5 Å². The van der Waals surface area contributed by atoms with Gasteiger partial charge < -0.3 is 20.1 Å². The number of amides is 2. The number of ether oxygens (including phenoxy) is 2. The number of nitrogens with one attached hydrogen (secondary N) is 2. The van der Waals surface area contributed by atoms with Crippen molar-refractivity contribution in [2.24, 2.45) is 0 Å². The number of rotatable bonds is 10. The number of methoxy groups -OCH3 is 2. The third kappa shape index (κ3) is 7.80. The van der Waals surface area contributed by atoms with Crippen molar-refractivity contribution in [1.29, 1.82) is 0 Å². The van der Waals surface area contributed by atoms with Gasteiger partial charge >= 0.3 is 0 Å². The minimum absolute atomic E-state index is 0.0840. The lowest BCUT2D eigenvalue weighted by Crippen LogP contribution is -2.30. The first-order chi connectivity index (χ1) is 19.9. The quantitative estimate of drug-likeness (QED) is 0.179. The summed E-state index contributed by atoms with van der Waals surface area (Å²) in [6.07, 6.45) is 4.78. The molecule has 0 radical (unpaired) electrons. The van der Waals surface area contributed by atoms with Gasteiger partial charge in [0.25, 0.3) is 11.8 Å². The molecule has 7 heteroatoms. The first-order valence-corrected chi connectivity index (χ1v) is 12.9. The van der Waals surface area contributed by atoms with E-state index < -0.39 is 11.8 Å². The molecule has 0 atom stereocenters. The molecule has 0 saturated heterocycles. The molecule has 4 rings (SSSR count). The molecule has 0 spiro atoms. The van der Waals surface area contributed by atoms with Crippen molar-refractivity contribution < 1.29 is 23.9 Å². The average Bonchev–Trinajstić information content (AvgIpc) is 3.01. The number of allylic oxidation sites excluding steroid dienone is 1. The zero-order valence-corrected chi connectivity index (χ0v) is 23.0. The van der Waals surface area contributed by atoms with Crippen molar-refractivity contribution in [1.82, 2.24) is 5.32 Å². The van der Waals surface area contributed by atoms with Crippen molar-refractivity contribution in [2.45, 2.75) is 6.92 Å². The van der Waals surface area contributed by atoms with Crippen molar-refractivity contribution in [2.75, 3.05) is 19.5 Å². The zero-order valence-electron chi connectivity index (χ0n) is 23.0. The second kappa shape index (κ2) is 13.6. The molecule has 0 aromatic heterocycles. The van der Waals surface area contributed by atoms with E-state index in [2.05, 4.69) is 10.6 Å². The van der Waals surface area contributed by atoms with Crippen LogP contribution in [0.2, 0.25) is 0 Å². The number of benzene rings is 4. The fourth-order valence-corrected chi connectivity index (χ4v) is 3.91. The number of hydrogen-bond donors (Lipinski definition) is 2. The largest absolute Gasteiger partial charge is 0.493 e. The van der Waals surface area contributed by atoms with Crippen LogP contribution in [0.4, 0.5) is 5.69 Å². The molecule has 4 aromatic rings. The van der Waals surface area contributed by atoms with Crippen molar-refractivity contribution in [3.8, 4) is 11.5 Å². The topological polar surface area (TPSA) is 93.7 Å². The normalized spacial score (nSPS) is 11.1. The van der Waals surface area contributed by atoms with E-state index in [1.165, 1.54) is 6.08 Å². The molecule has 0 heterocycles. The highest BCUT2D eigenvalue weighted by molar-refractivity contribution is 6.11. The first kappa shape index (κ1) is 28.6. The van der Waals surface area contributed by atoms with E-state index in [4.69, 9.17) is 9.47 Å². The SMILES string of the molecule is COc1ccc(/C=C/C(=O)c2ccc(NC(=O)/C(=C/c3ccc(C)cc3)NC(=O)c3ccccc3)cc2)cc1OC. The molecule has 0 aliphatic rings. The van der Waals surface area contributed by atoms with Crippen LogP contribution in [0, 0.1) is 6.92 Å². The minimum Gasteiger partial charge on any atom is -0.493 e. The zero-order chi connectivity index (χ0) is 29.2. The van der Waals surface area contributed by atoms with Crippen LogP contribution in [0.3, 0.4) is 0 Å². The van der Waals surface area contributed by atoms with Crippen LogP contribution in [0.5, 0.6) is 11.5 Å². The van der Waals surface area contributed by atoms with E-state index in [0.29, 0.717) is 28.3 Å². The molecule has 206 valence electrons. The summed E-state index contributed by atoms with van der Waals surface area (Å²) in [5.41, 5.74) is 4.06. The lowest BCUT2D eigenvalue weighted by atomic mass is 10.1. The molecule has 7 nitrogen and oxygen atoms in total. The van der Waals surface area contributed by atoms with Gasteiger partial charge in [-0.1, -0.05) is 60.2 Å². The van der Waals surface area contributed by atoms with Gasteiger partial charge in [-0.2, -0.15) is 0 Å². The maximum absolute atomic E-state index is 13.2. The Hall–Kier alpha value is -5.43. The van der Waals surface area contributed by atoms with Crippen molar-refractivity contribution in [3.05, 3.63) is 137 Å². The molecule has 2 N–H and O–H groups in total. The maximum Gasteiger partial charge on any atom is 0.272 e. The predicted molar refractivity (Wildman–Crippen MR) is 161 cm³/mol. The van der Waals surface area contributed by atoms with E-state index >= 15 is 0 Å². The molecular weight excluding hydrogens is 516 g/mol. The Morgan fingerprint density at radius 1 is 0.707 bits per heavy atom. The fourth-order valence-electron chi connectivity index (χ4n) is 3.91. The van der Waals surface area contributed by atoms with Gasteiger partial charge in [0.1, 0.15) is 5.70 Å². The fraction of sp³-hybridized carbons (Fsp3) is 0.0882. The summed E-state index contributed by atoms with van der Waals surface area (Å²) in [7, 11) is 3.11. The van der Waals surface area contributed by atoms with Crippen LogP contribution in [-0.4, -0.2) is 31.8 Å². The standard InChI is InChI=1S/C34H30N2O5/c1-23-9-11-24(12-10-23)21-29(36-33(38)27-7-5-4-6-8-27)34(39)35-28-17-15-26(16-18-28)30(37)19-13-25-14-20-31(40-2)32(22-25)41-3/h4-22H,1-3H3,(H,35,39)(H,36,38)/b19-13+,29-21-. The van der Waals surface area contributed by atoms with Crippen molar-refractivity contribution >= 4 is 35.4 Å². The van der Waals surface area contributed by atoms with Crippen LogP contribution >= 0.6 is 0 Å². The minimum atomic E-state index is -0.498. The van der Waals surface area contributed by atoms with E-state index in [1.807, 2.05) is 43.3 Å². The summed E-state index contributed by atoms with van der Waals surface area (Å²) in [6.45, 7) is 1.97. The second-order valence-corrected chi connectivity index (χ2v) is 9.13. The summed E-state index contributed by atoms with van der Waals surface area (Å²) < 4.78 is 10.5. The van der Waals surface area contributed by atoms with E-state index in [1.54, 1.807) is 87.0 Å². The maximum atomic E-state index is 13.2. The number of aryl methyl sites for hydroxylation is 1. The Morgan fingerprint density at radius 3 is 2.02 bits per heavy atom. The van der Waals surface area contributed by atoms with E-state index in [9.17, 15) is 14.4 Å². The Morgan fingerprint density at radius 2 is 1.37 bits per heavy atom. The predicted octanol–water partition coefficient (Wildman–Crippen LogP) is 6.32. The molecule has 0 unspecified atom stereocenters. The Bertz CT molecular complexity index is 1590. The average molecular weight is 547 g/mol. The third-order valence-corrected chi connectivity index (χ3v) is 6.18. The molecule has 0 aliphatic heterocycles. The van der Waals surface area contributed by atoms with Crippen molar-refractivity contribution in [3.63, 3.8) is 0 Å². The summed E-state index contributed by atoms with van der Waals surface area (Å²) in [5.74, 6) is 0.0689. The first-order valence-electron chi connectivity index (χ1n) is 12.9. The smallest absolute Gasteiger partial charge is 0.272 e. The number of ketones is 1. The molecule has 0 fully saturated rings. The Kier molecular flexibility index (Phi) is 9.46. The molecule has 0 bridgehead atoms. The van der Waals surface area contributed by atoms with Gasteiger partial charge in [0.2, 0.25) is 0 Å². The third-order valence-electron chi connectivity index (χ3n) is 6.18. The number of carbonyl (C=O) groups is 3. The van der Waals surface area contributed by atoms with E-state index in [0.717, 1.165) is 16.7 Å². The Balaban J connectivity index is 1.47. The van der Waals surface area contributed by atoms with Gasteiger partial charge in [-0.3, -0.25) is 14.4 Å². The highest BCUT2D eigenvalue weighted by Gasteiger charge is 2.15. The number of anilines is 1. The van der Waals surface area contributed by atoms with Gasteiger partial charge in [0.05, 0.1) is 14.2 Å². The number of hydrogen-bond acceptors (Lipinski definition) is 5. The summed E-state index contributed by atoms with van der Waals surface area (Å²) >= 11 is 0. The summed E-state index contributed by atoms with van der Waals surface area (Å²) in [5, 5.41) is 5.52. The van der Waals surface area contributed by atoms with Gasteiger partial charge in [0, 0.05) is 16.8 Å². The van der Waals surface area contributed by atoms with Crippen LogP contribution in [0.1, 0.15) is 37.4 Å². The van der Waals surface area contributed by atoms with Crippen LogP contribution in [0.15, 0.2) is 109 Å². The Labute approximate surface area is 239 Å². The molecular formula is C34H30N2O5. The van der Waals surface area contributed by atoms with Crippen LogP contribution in [0.25, 0.3) is 12.2 Å². The highest BCUT2D eigenvalue weighted by Crippen LogP contribution is 2.28. The molecule has 41 heavy (non-hydrogen) atoms. The lowest BCUT2D eigenvalue weighted by molar-refractivity contribution is -0.113. The van der Waals surface area contributed by atoms with Crippen LogP contribution < -0.4 is 20.1 Å². The monoisotopic (exact) mass is 546 g/mol. The summed E-state index contributed by atoms with van der Waals surface area (Å²) in [4.78, 5) is 38.8. The summed E-state index contributed by atoms with van der Waals surface area (Å²) in [6, 6.07) is 28.2. The lowest BCUT2D eigenvalue weighted by Gasteiger charge is -2.12. The van der Waals surface area contributed by atoms with Gasteiger partial charge in [-0.05, 0) is 78.7 Å². The molecule has 0 aliphatic carbocycles. The van der Waals surface area contributed by atoms with Gasteiger partial charge in [0.15, 0.2) is 17.3 Å². The van der Waals surface area contributed by atoms with Crippen LogP contribution in [-0.2, 0) is 4.79 Å². The van der Waals surface area contributed by atoms with Gasteiger partial charge in [-0.25, -0.2) is 0 Å². The molecule has 4 aromatic carbocycles. The second-order valence-electron chi connectivity index (χ2n) is 9.13. The van der Waals surface area contributed by atoms with Gasteiger partial charge in [-0.15, -0.1) is 0 Å². The molecule has 2 amide bonds. The molecule has 0 saturated carbocycles. The highest BCUT2D eigenvalue weighted by atomic mass is 16.5.